The van der Waals surface area contributed by atoms with E-state index in [4.69, 9.17) is 9.47 Å². The number of aromatic hydroxyl groups is 1. The SMILES string of the molecule is COc1cc(O)c(C(=O)C#CC2=CC=CC2)c(OC)c1. The van der Waals surface area contributed by atoms with Crippen LogP contribution in [0.2, 0.25) is 0 Å². The average Bonchev–Trinajstić information content (AvgIpc) is 2.97. The van der Waals surface area contributed by atoms with Crippen molar-refractivity contribution in [1.82, 2.24) is 0 Å². The van der Waals surface area contributed by atoms with Crippen LogP contribution in [-0.4, -0.2) is 25.1 Å². The van der Waals surface area contributed by atoms with Gasteiger partial charge in [0.2, 0.25) is 5.78 Å². The van der Waals surface area contributed by atoms with Crippen LogP contribution in [0.25, 0.3) is 0 Å². The molecule has 0 saturated carbocycles. The van der Waals surface area contributed by atoms with E-state index < -0.39 is 5.78 Å². The molecule has 0 bridgehead atoms. The highest BCUT2D eigenvalue weighted by atomic mass is 16.5. The second-order valence-corrected chi connectivity index (χ2v) is 4.13. The van der Waals surface area contributed by atoms with Gasteiger partial charge in [0.25, 0.3) is 0 Å². The number of phenols is 1. The first-order valence-electron chi connectivity index (χ1n) is 6.02. The minimum atomic E-state index is -0.491. The summed E-state index contributed by atoms with van der Waals surface area (Å²) in [5.74, 6) is 5.25. The molecule has 2 rings (SSSR count). The molecule has 0 aliphatic heterocycles. The summed E-state index contributed by atoms with van der Waals surface area (Å²) in [6.45, 7) is 0. The monoisotopic (exact) mass is 270 g/mol. The number of methoxy groups -OCH3 is 2. The van der Waals surface area contributed by atoms with Gasteiger partial charge in [0.15, 0.2) is 0 Å². The maximum atomic E-state index is 12.1. The second-order valence-electron chi connectivity index (χ2n) is 4.13. The van der Waals surface area contributed by atoms with Crippen LogP contribution in [-0.2, 0) is 0 Å². The van der Waals surface area contributed by atoms with Crippen molar-refractivity contribution in [3.05, 3.63) is 41.5 Å². The Balaban J connectivity index is 2.34. The van der Waals surface area contributed by atoms with Gasteiger partial charge < -0.3 is 14.6 Å². The molecule has 0 spiro atoms. The number of phenolic OH excluding ortho intramolecular Hbond substituents is 1. The summed E-state index contributed by atoms with van der Waals surface area (Å²) >= 11 is 0. The summed E-state index contributed by atoms with van der Waals surface area (Å²) in [7, 11) is 2.89. The smallest absolute Gasteiger partial charge is 0.243 e. The average molecular weight is 270 g/mol. The maximum absolute atomic E-state index is 12.1. The van der Waals surface area contributed by atoms with Crippen molar-refractivity contribution in [2.24, 2.45) is 0 Å². The molecule has 0 heterocycles. The van der Waals surface area contributed by atoms with Gasteiger partial charge in [0, 0.05) is 17.7 Å². The summed E-state index contributed by atoms with van der Waals surface area (Å²) in [5.41, 5.74) is 0.915. The van der Waals surface area contributed by atoms with E-state index in [-0.39, 0.29) is 17.1 Å². The van der Waals surface area contributed by atoms with Gasteiger partial charge in [-0.3, -0.25) is 4.79 Å². The van der Waals surface area contributed by atoms with Crippen LogP contribution in [0.15, 0.2) is 35.9 Å². The van der Waals surface area contributed by atoms with Gasteiger partial charge in [-0.05, 0) is 12.3 Å². The molecule has 0 fully saturated rings. The van der Waals surface area contributed by atoms with Gasteiger partial charge in [-0.25, -0.2) is 0 Å². The third kappa shape index (κ3) is 2.83. The number of Topliss-reactive ketones (excluding diaryl/α,β-unsaturated/α-hetero) is 1. The van der Waals surface area contributed by atoms with Crippen LogP contribution in [0.5, 0.6) is 17.2 Å². The predicted molar refractivity (Wildman–Crippen MR) is 75.2 cm³/mol. The summed E-state index contributed by atoms with van der Waals surface area (Å²) < 4.78 is 10.1. The molecule has 1 aliphatic rings. The van der Waals surface area contributed by atoms with Crippen LogP contribution in [0.4, 0.5) is 0 Å². The molecule has 1 aromatic carbocycles. The van der Waals surface area contributed by atoms with Crippen LogP contribution in [0.3, 0.4) is 0 Å². The van der Waals surface area contributed by atoms with E-state index in [2.05, 4.69) is 11.8 Å². The lowest BCUT2D eigenvalue weighted by Crippen LogP contribution is -2.01. The molecule has 4 heteroatoms. The van der Waals surface area contributed by atoms with E-state index in [9.17, 15) is 9.90 Å². The molecule has 1 aliphatic carbocycles. The lowest BCUT2D eigenvalue weighted by molar-refractivity contribution is 0.105. The molecular formula is C16H14O4. The molecule has 20 heavy (non-hydrogen) atoms. The minimum Gasteiger partial charge on any atom is -0.507 e. The molecule has 102 valence electrons. The Kier molecular flexibility index (Phi) is 4.11. The lowest BCUT2D eigenvalue weighted by Gasteiger charge is -2.09. The van der Waals surface area contributed by atoms with Crippen LogP contribution in [0.1, 0.15) is 16.8 Å². The normalized spacial score (nSPS) is 12.4. The molecule has 0 saturated heterocycles. The molecular weight excluding hydrogens is 256 g/mol. The Labute approximate surface area is 117 Å². The topological polar surface area (TPSA) is 55.8 Å². The first kappa shape index (κ1) is 13.8. The van der Waals surface area contributed by atoms with E-state index in [0.29, 0.717) is 5.75 Å². The first-order valence-corrected chi connectivity index (χ1v) is 6.02. The summed E-state index contributed by atoms with van der Waals surface area (Å²) in [5, 5.41) is 9.92. The lowest BCUT2D eigenvalue weighted by atomic mass is 10.1. The largest absolute Gasteiger partial charge is 0.507 e. The van der Waals surface area contributed by atoms with Crippen LogP contribution >= 0.6 is 0 Å². The molecule has 1 N–H and O–H groups in total. The maximum Gasteiger partial charge on any atom is 0.243 e. The van der Waals surface area contributed by atoms with Crippen molar-refractivity contribution in [3.8, 4) is 29.1 Å². The molecule has 1 aromatic rings. The van der Waals surface area contributed by atoms with Crippen molar-refractivity contribution in [1.29, 1.82) is 0 Å². The highest BCUT2D eigenvalue weighted by Gasteiger charge is 2.17. The summed E-state index contributed by atoms with van der Waals surface area (Å²) in [4.78, 5) is 12.1. The fourth-order valence-electron chi connectivity index (χ4n) is 1.82. The number of ketones is 1. The van der Waals surface area contributed by atoms with Crippen molar-refractivity contribution in [2.45, 2.75) is 6.42 Å². The molecule has 0 aromatic heterocycles. The third-order valence-corrected chi connectivity index (χ3v) is 2.85. The van der Waals surface area contributed by atoms with Crippen molar-refractivity contribution in [2.75, 3.05) is 14.2 Å². The quantitative estimate of drug-likeness (QED) is 0.521. The molecule has 0 atom stereocenters. The second kappa shape index (κ2) is 5.98. The van der Waals surface area contributed by atoms with Crippen LogP contribution in [0, 0.1) is 11.8 Å². The van der Waals surface area contributed by atoms with E-state index >= 15 is 0 Å². The fourth-order valence-corrected chi connectivity index (χ4v) is 1.82. The molecule has 4 nitrogen and oxygen atoms in total. The Bertz CT molecular complexity index is 657. The fraction of sp³-hybridized carbons (Fsp3) is 0.188. The highest BCUT2D eigenvalue weighted by Crippen LogP contribution is 2.33. The molecule has 0 unspecified atom stereocenters. The zero-order valence-corrected chi connectivity index (χ0v) is 11.3. The van der Waals surface area contributed by atoms with E-state index in [1.807, 2.05) is 18.2 Å². The van der Waals surface area contributed by atoms with Gasteiger partial charge in [-0.15, -0.1) is 0 Å². The first-order chi connectivity index (χ1) is 9.65. The minimum absolute atomic E-state index is 0.0485. The van der Waals surface area contributed by atoms with E-state index in [1.54, 1.807) is 0 Å². The number of benzene rings is 1. The number of carbonyl (C=O) groups excluding carboxylic acids is 1. The summed E-state index contributed by atoms with van der Waals surface area (Å²) in [6, 6.07) is 2.89. The van der Waals surface area contributed by atoms with Gasteiger partial charge in [0.1, 0.15) is 22.8 Å². The number of allylic oxidation sites excluding steroid dienone is 4. The zero-order chi connectivity index (χ0) is 14.5. The van der Waals surface area contributed by atoms with E-state index in [1.165, 1.54) is 26.4 Å². The number of rotatable bonds is 3. The Morgan fingerprint density at radius 1 is 1.30 bits per heavy atom. The Morgan fingerprint density at radius 3 is 2.70 bits per heavy atom. The zero-order valence-electron chi connectivity index (χ0n) is 11.3. The standard InChI is InChI=1S/C16H14O4/c1-19-12-9-14(18)16(15(10-12)20-2)13(17)8-7-11-5-3-4-6-11/h3-5,9-10,18H,6H2,1-2H3. The predicted octanol–water partition coefficient (Wildman–Crippen LogP) is 2.48. The van der Waals surface area contributed by atoms with Crippen molar-refractivity contribution >= 4 is 5.78 Å². The number of carbonyl (C=O) groups is 1. The number of hydrogen-bond acceptors (Lipinski definition) is 4. The van der Waals surface area contributed by atoms with Gasteiger partial charge in [-0.2, -0.15) is 0 Å². The van der Waals surface area contributed by atoms with Crippen LogP contribution < -0.4 is 9.47 Å². The van der Waals surface area contributed by atoms with Gasteiger partial charge in [-0.1, -0.05) is 24.1 Å². The highest BCUT2D eigenvalue weighted by molar-refractivity contribution is 6.13. The van der Waals surface area contributed by atoms with Crippen molar-refractivity contribution < 1.29 is 19.4 Å². The van der Waals surface area contributed by atoms with Gasteiger partial charge >= 0.3 is 0 Å². The summed E-state index contributed by atoms with van der Waals surface area (Å²) in [6.07, 6.45) is 6.43. The molecule has 0 radical (unpaired) electrons. The number of hydrogen-bond donors (Lipinski definition) is 1. The van der Waals surface area contributed by atoms with Gasteiger partial charge in [0.05, 0.1) is 14.2 Å². The third-order valence-electron chi connectivity index (χ3n) is 2.85. The Morgan fingerprint density at radius 2 is 2.10 bits per heavy atom. The van der Waals surface area contributed by atoms with Crippen molar-refractivity contribution in [3.63, 3.8) is 0 Å². The molecule has 0 amide bonds. The number of ether oxygens (including phenoxy) is 2. The Hall–Kier alpha value is -2.67. The van der Waals surface area contributed by atoms with E-state index in [0.717, 1.165) is 12.0 Å².